The van der Waals surface area contributed by atoms with Crippen molar-refractivity contribution in [3.63, 3.8) is 0 Å². The summed E-state index contributed by atoms with van der Waals surface area (Å²) in [5.41, 5.74) is 0.579. The van der Waals surface area contributed by atoms with E-state index in [1.54, 1.807) is 17.8 Å². The number of hydrogen-bond acceptors (Lipinski definition) is 4. The van der Waals surface area contributed by atoms with Crippen molar-refractivity contribution in [3.05, 3.63) is 70.5 Å². The van der Waals surface area contributed by atoms with E-state index in [-0.39, 0.29) is 16.3 Å². The van der Waals surface area contributed by atoms with Crippen molar-refractivity contribution in [2.45, 2.75) is 19.6 Å². The summed E-state index contributed by atoms with van der Waals surface area (Å²) in [6, 6.07) is 4.14. The number of aryl methyl sites for hydroxylation is 2. The molecular weight excluding hydrogens is 433 g/mol. The standard InChI is InChI=1S/C20H16ClF3N6O/c1-11-16-17(21)14(19(31)27-13-5-3-12(4-6-13)20(22,23)24)9-26-18(16)30(28-11)10-15-25-7-8-29(15)2/h3-9H,10H2,1-2H3,(H,27,31). The maximum Gasteiger partial charge on any atom is 0.416 e. The normalized spacial score (nSPS) is 11.8. The van der Waals surface area contributed by atoms with Crippen LogP contribution in [0, 0.1) is 6.92 Å². The molecule has 11 heteroatoms. The van der Waals surface area contributed by atoms with Crippen molar-refractivity contribution < 1.29 is 18.0 Å². The van der Waals surface area contributed by atoms with Gasteiger partial charge in [0.25, 0.3) is 5.91 Å². The van der Waals surface area contributed by atoms with Gasteiger partial charge in [-0.25, -0.2) is 14.6 Å². The fourth-order valence-corrected chi connectivity index (χ4v) is 3.52. The summed E-state index contributed by atoms with van der Waals surface area (Å²) in [6.07, 6.45) is 0.365. The highest BCUT2D eigenvalue weighted by atomic mass is 35.5. The number of pyridine rings is 1. The predicted octanol–water partition coefficient (Wildman–Crippen LogP) is 4.45. The number of benzene rings is 1. The molecule has 31 heavy (non-hydrogen) atoms. The number of alkyl halides is 3. The molecule has 1 aromatic carbocycles. The van der Waals surface area contributed by atoms with Gasteiger partial charge >= 0.3 is 6.18 Å². The molecule has 160 valence electrons. The highest BCUT2D eigenvalue weighted by Crippen LogP contribution is 2.31. The first-order chi connectivity index (χ1) is 14.6. The van der Waals surface area contributed by atoms with Crippen LogP contribution in [0.3, 0.4) is 0 Å². The monoisotopic (exact) mass is 448 g/mol. The van der Waals surface area contributed by atoms with Crippen molar-refractivity contribution in [3.8, 4) is 0 Å². The number of amides is 1. The molecule has 0 saturated heterocycles. The van der Waals surface area contributed by atoms with Crippen LogP contribution in [0.2, 0.25) is 5.02 Å². The van der Waals surface area contributed by atoms with Crippen LogP contribution in [0.5, 0.6) is 0 Å². The summed E-state index contributed by atoms with van der Waals surface area (Å²) in [5.74, 6) is 0.182. The minimum atomic E-state index is -4.45. The molecule has 3 aromatic heterocycles. The van der Waals surface area contributed by atoms with Crippen LogP contribution in [0.15, 0.2) is 42.9 Å². The summed E-state index contributed by atoms with van der Waals surface area (Å²) in [6.45, 7) is 2.12. The first-order valence-electron chi connectivity index (χ1n) is 9.11. The fraction of sp³-hybridized carbons (Fsp3) is 0.200. The first-order valence-corrected chi connectivity index (χ1v) is 9.49. The molecule has 0 aliphatic rings. The summed E-state index contributed by atoms with van der Waals surface area (Å²) in [7, 11) is 1.87. The minimum Gasteiger partial charge on any atom is -0.336 e. The number of anilines is 1. The van der Waals surface area contributed by atoms with Crippen molar-refractivity contribution in [1.82, 2.24) is 24.3 Å². The summed E-state index contributed by atoms with van der Waals surface area (Å²) in [4.78, 5) is 21.3. The Morgan fingerprint density at radius 3 is 2.52 bits per heavy atom. The smallest absolute Gasteiger partial charge is 0.336 e. The van der Waals surface area contributed by atoms with E-state index in [9.17, 15) is 18.0 Å². The zero-order chi connectivity index (χ0) is 22.3. The number of nitrogens with one attached hydrogen (secondary N) is 1. The number of imidazole rings is 1. The van der Waals surface area contributed by atoms with E-state index in [1.165, 1.54) is 18.3 Å². The van der Waals surface area contributed by atoms with Gasteiger partial charge in [-0.1, -0.05) is 11.6 Å². The lowest BCUT2D eigenvalue weighted by atomic mass is 10.1. The molecule has 0 spiro atoms. The molecule has 4 aromatic rings. The predicted molar refractivity (Wildman–Crippen MR) is 109 cm³/mol. The van der Waals surface area contributed by atoms with E-state index in [4.69, 9.17) is 11.6 Å². The van der Waals surface area contributed by atoms with Gasteiger partial charge in [-0.3, -0.25) is 4.79 Å². The van der Waals surface area contributed by atoms with Gasteiger partial charge < -0.3 is 9.88 Å². The second-order valence-corrected chi connectivity index (χ2v) is 7.29. The third kappa shape index (κ3) is 3.98. The van der Waals surface area contributed by atoms with Gasteiger partial charge in [0.1, 0.15) is 12.4 Å². The van der Waals surface area contributed by atoms with E-state index in [1.807, 2.05) is 17.8 Å². The number of aromatic nitrogens is 5. The highest BCUT2D eigenvalue weighted by molar-refractivity contribution is 6.39. The Labute approximate surface area is 179 Å². The largest absolute Gasteiger partial charge is 0.416 e. The lowest BCUT2D eigenvalue weighted by Gasteiger charge is -2.10. The van der Waals surface area contributed by atoms with Crippen molar-refractivity contribution in [1.29, 1.82) is 0 Å². The number of halogens is 4. The SMILES string of the molecule is Cc1nn(Cc2nccn2C)c2ncc(C(=O)Nc3ccc(C(F)(F)F)cc3)c(Cl)c12. The number of carbonyl (C=O) groups is 1. The fourth-order valence-electron chi connectivity index (χ4n) is 3.17. The molecular formula is C20H16ClF3N6O. The molecule has 0 unspecified atom stereocenters. The molecule has 0 aliphatic heterocycles. The number of carbonyl (C=O) groups excluding carboxylic acids is 1. The Kier molecular flexibility index (Phi) is 5.18. The zero-order valence-electron chi connectivity index (χ0n) is 16.4. The molecule has 1 N–H and O–H groups in total. The van der Waals surface area contributed by atoms with Crippen molar-refractivity contribution in [2.24, 2.45) is 7.05 Å². The topological polar surface area (TPSA) is 77.6 Å². The molecule has 0 fully saturated rings. The third-order valence-electron chi connectivity index (χ3n) is 4.80. The molecule has 0 atom stereocenters. The van der Waals surface area contributed by atoms with Gasteiger partial charge in [0, 0.05) is 31.3 Å². The Hall–Kier alpha value is -3.40. The highest BCUT2D eigenvalue weighted by Gasteiger charge is 2.30. The lowest BCUT2D eigenvalue weighted by Crippen LogP contribution is -2.14. The second-order valence-electron chi connectivity index (χ2n) is 6.91. The van der Waals surface area contributed by atoms with Crippen LogP contribution in [0.4, 0.5) is 18.9 Å². The van der Waals surface area contributed by atoms with Crippen LogP contribution in [0.25, 0.3) is 11.0 Å². The summed E-state index contributed by atoms with van der Waals surface area (Å²) >= 11 is 6.50. The van der Waals surface area contributed by atoms with E-state index in [2.05, 4.69) is 20.4 Å². The van der Waals surface area contributed by atoms with E-state index in [0.717, 1.165) is 18.0 Å². The number of rotatable bonds is 4. The molecule has 3 heterocycles. The molecule has 0 bridgehead atoms. The third-order valence-corrected chi connectivity index (χ3v) is 5.19. The maximum atomic E-state index is 12.7. The molecule has 0 aliphatic carbocycles. The van der Waals surface area contributed by atoms with Crippen LogP contribution in [0.1, 0.15) is 27.4 Å². The number of fused-ring (bicyclic) bond motifs is 1. The van der Waals surface area contributed by atoms with Crippen LogP contribution in [-0.2, 0) is 19.8 Å². The van der Waals surface area contributed by atoms with Crippen molar-refractivity contribution in [2.75, 3.05) is 5.32 Å². The van der Waals surface area contributed by atoms with Crippen LogP contribution in [-0.4, -0.2) is 30.2 Å². The van der Waals surface area contributed by atoms with Gasteiger partial charge in [-0.05, 0) is 31.2 Å². The van der Waals surface area contributed by atoms with Crippen LogP contribution < -0.4 is 5.32 Å². The molecule has 7 nitrogen and oxygen atoms in total. The quantitative estimate of drug-likeness (QED) is 0.500. The Morgan fingerprint density at radius 2 is 1.90 bits per heavy atom. The molecule has 0 saturated carbocycles. The molecule has 1 amide bonds. The van der Waals surface area contributed by atoms with E-state index < -0.39 is 17.6 Å². The van der Waals surface area contributed by atoms with Gasteiger partial charge in [0.05, 0.1) is 27.2 Å². The van der Waals surface area contributed by atoms with Crippen LogP contribution >= 0.6 is 11.6 Å². The number of hydrogen-bond donors (Lipinski definition) is 1. The summed E-state index contributed by atoms with van der Waals surface area (Å²) in [5, 5.41) is 7.69. The average Bonchev–Trinajstić information content (AvgIpc) is 3.25. The second kappa shape index (κ2) is 7.69. The lowest BCUT2D eigenvalue weighted by molar-refractivity contribution is -0.137. The Bertz CT molecular complexity index is 1280. The van der Waals surface area contributed by atoms with Gasteiger partial charge in [0.15, 0.2) is 5.65 Å². The Balaban J connectivity index is 1.62. The number of nitrogens with zero attached hydrogens (tertiary/aromatic N) is 5. The van der Waals surface area contributed by atoms with Crippen molar-refractivity contribution >= 4 is 34.2 Å². The van der Waals surface area contributed by atoms with Gasteiger partial charge in [0.2, 0.25) is 0 Å². The van der Waals surface area contributed by atoms with Gasteiger partial charge in [-0.15, -0.1) is 0 Å². The average molecular weight is 449 g/mol. The first kappa shape index (κ1) is 20.9. The van der Waals surface area contributed by atoms with E-state index in [0.29, 0.717) is 23.3 Å². The maximum absolute atomic E-state index is 12.7. The summed E-state index contributed by atoms with van der Waals surface area (Å²) < 4.78 is 41.6. The van der Waals surface area contributed by atoms with Gasteiger partial charge in [-0.2, -0.15) is 18.3 Å². The molecule has 0 radical (unpaired) electrons. The molecule has 4 rings (SSSR count). The Morgan fingerprint density at radius 1 is 1.19 bits per heavy atom. The van der Waals surface area contributed by atoms with E-state index >= 15 is 0 Å². The minimum absolute atomic E-state index is 0.0914. The zero-order valence-corrected chi connectivity index (χ0v) is 17.2.